The van der Waals surface area contributed by atoms with E-state index < -0.39 is 0 Å². The smallest absolute Gasteiger partial charge is 0.234 e. The summed E-state index contributed by atoms with van der Waals surface area (Å²) in [6, 6.07) is 7.86. The fourth-order valence-corrected chi connectivity index (χ4v) is 2.98. The van der Waals surface area contributed by atoms with Crippen LogP contribution in [0.4, 0.5) is 0 Å². The topological polar surface area (TPSA) is 64.3 Å². The molecule has 7 nitrogen and oxygen atoms in total. The van der Waals surface area contributed by atoms with Gasteiger partial charge in [-0.2, -0.15) is 5.10 Å². The van der Waals surface area contributed by atoms with Crippen LogP contribution in [0.1, 0.15) is 20.8 Å². The van der Waals surface area contributed by atoms with Crippen molar-refractivity contribution in [2.75, 3.05) is 20.7 Å². The minimum absolute atomic E-state index is 0.0145. The molecule has 0 spiro atoms. The van der Waals surface area contributed by atoms with Gasteiger partial charge in [-0.3, -0.25) is 9.69 Å². The molecular formula is C18H27N5O2S. The van der Waals surface area contributed by atoms with Crippen LogP contribution in [0.3, 0.4) is 0 Å². The number of nitrogens with one attached hydrogen (secondary N) is 1. The molecule has 0 bridgehead atoms. The van der Waals surface area contributed by atoms with Gasteiger partial charge in [-0.15, -0.1) is 0 Å². The molecule has 1 heterocycles. The molecule has 26 heavy (non-hydrogen) atoms. The Morgan fingerprint density at radius 3 is 2.54 bits per heavy atom. The highest BCUT2D eigenvalue weighted by Crippen LogP contribution is 2.21. The number of ether oxygens (including phenoxy) is 1. The fourth-order valence-electron chi connectivity index (χ4n) is 2.66. The largest absolute Gasteiger partial charge is 0.497 e. The molecule has 2 rings (SSSR count). The van der Waals surface area contributed by atoms with E-state index in [1.54, 1.807) is 11.8 Å². The number of methoxy groups -OCH3 is 1. The van der Waals surface area contributed by atoms with Crippen molar-refractivity contribution < 1.29 is 9.53 Å². The van der Waals surface area contributed by atoms with Crippen LogP contribution >= 0.6 is 12.2 Å². The van der Waals surface area contributed by atoms with Gasteiger partial charge in [0.1, 0.15) is 5.75 Å². The Morgan fingerprint density at radius 1 is 1.35 bits per heavy atom. The first-order valence-electron chi connectivity index (χ1n) is 8.65. The Labute approximate surface area is 159 Å². The van der Waals surface area contributed by atoms with Crippen molar-refractivity contribution in [3.05, 3.63) is 29.0 Å². The summed E-state index contributed by atoms with van der Waals surface area (Å²) in [6.07, 6.45) is 0. The van der Waals surface area contributed by atoms with Gasteiger partial charge >= 0.3 is 0 Å². The van der Waals surface area contributed by atoms with E-state index in [1.165, 1.54) is 0 Å². The van der Waals surface area contributed by atoms with Crippen molar-refractivity contribution in [3.8, 4) is 17.1 Å². The van der Waals surface area contributed by atoms with E-state index in [-0.39, 0.29) is 18.5 Å². The molecular weight excluding hydrogens is 350 g/mol. The van der Waals surface area contributed by atoms with Gasteiger partial charge in [0.05, 0.1) is 20.3 Å². The molecule has 142 valence electrons. The second-order valence-electron chi connectivity index (χ2n) is 6.46. The molecule has 0 unspecified atom stereocenters. The lowest BCUT2D eigenvalue weighted by atomic mass is 10.2. The molecule has 1 aromatic carbocycles. The van der Waals surface area contributed by atoms with Crippen molar-refractivity contribution in [1.82, 2.24) is 24.6 Å². The third-order valence-corrected chi connectivity index (χ3v) is 4.26. The first-order chi connectivity index (χ1) is 12.3. The van der Waals surface area contributed by atoms with Gasteiger partial charge in [0, 0.05) is 18.2 Å². The Balaban J connectivity index is 2.21. The van der Waals surface area contributed by atoms with Crippen molar-refractivity contribution in [2.24, 2.45) is 0 Å². The van der Waals surface area contributed by atoms with Gasteiger partial charge < -0.3 is 14.6 Å². The lowest BCUT2D eigenvalue weighted by Gasteiger charge is -2.17. The van der Waals surface area contributed by atoms with Crippen LogP contribution in [-0.2, 0) is 18.0 Å². The van der Waals surface area contributed by atoms with E-state index >= 15 is 0 Å². The zero-order valence-electron chi connectivity index (χ0n) is 16.0. The van der Waals surface area contributed by atoms with Crippen LogP contribution in [0, 0.1) is 4.77 Å². The van der Waals surface area contributed by atoms with Gasteiger partial charge in [0.2, 0.25) is 5.91 Å². The summed E-state index contributed by atoms with van der Waals surface area (Å²) in [5.74, 6) is 1.59. The van der Waals surface area contributed by atoms with Crippen LogP contribution in [0.25, 0.3) is 11.4 Å². The van der Waals surface area contributed by atoms with E-state index in [0.29, 0.717) is 11.4 Å². The van der Waals surface area contributed by atoms with Gasteiger partial charge in [-0.1, -0.05) is 0 Å². The van der Waals surface area contributed by atoms with Crippen LogP contribution < -0.4 is 10.1 Å². The van der Waals surface area contributed by atoms with E-state index in [1.807, 2.05) is 61.6 Å². The molecule has 0 aliphatic rings. The predicted octanol–water partition coefficient (Wildman–Crippen LogP) is 2.52. The Bertz CT molecular complexity index is 795. The average molecular weight is 378 g/mol. The molecule has 0 radical (unpaired) electrons. The lowest BCUT2D eigenvalue weighted by molar-refractivity contribution is -0.122. The first kappa shape index (κ1) is 20.1. The van der Waals surface area contributed by atoms with Crippen LogP contribution in [-0.4, -0.2) is 51.9 Å². The Kier molecular flexibility index (Phi) is 6.93. The third kappa shape index (κ3) is 4.92. The van der Waals surface area contributed by atoms with E-state index in [0.717, 1.165) is 23.7 Å². The summed E-state index contributed by atoms with van der Waals surface area (Å²) < 4.78 is 9.58. The minimum atomic E-state index is -0.0145. The number of rotatable bonds is 8. The number of nitrogens with zero attached hydrogens (tertiary/aromatic N) is 4. The monoisotopic (exact) mass is 377 g/mol. The van der Waals surface area contributed by atoms with E-state index in [9.17, 15) is 4.79 Å². The average Bonchev–Trinajstić information content (AvgIpc) is 2.89. The van der Waals surface area contributed by atoms with Gasteiger partial charge in [0.15, 0.2) is 10.6 Å². The molecule has 8 heteroatoms. The molecule has 0 aliphatic carbocycles. The van der Waals surface area contributed by atoms with Crippen molar-refractivity contribution in [2.45, 2.75) is 40.0 Å². The number of amides is 1. The maximum absolute atomic E-state index is 11.9. The maximum atomic E-state index is 11.9. The summed E-state index contributed by atoms with van der Waals surface area (Å²) in [7, 11) is 3.52. The summed E-state index contributed by atoms with van der Waals surface area (Å²) in [6.45, 7) is 7.37. The van der Waals surface area contributed by atoms with E-state index in [2.05, 4.69) is 10.4 Å². The Morgan fingerprint density at radius 2 is 2.00 bits per heavy atom. The quantitative estimate of drug-likeness (QED) is 0.716. The van der Waals surface area contributed by atoms with Crippen LogP contribution in [0.5, 0.6) is 5.75 Å². The summed E-state index contributed by atoms with van der Waals surface area (Å²) in [5, 5.41) is 7.56. The van der Waals surface area contributed by atoms with Crippen molar-refractivity contribution in [1.29, 1.82) is 0 Å². The number of carbonyl (C=O) groups is 1. The standard InChI is InChI=1S/C18H27N5O2S/c1-6-22-17(14-7-9-15(25-5)10-8-14)20-23(18(22)26)12-21(4)11-16(24)19-13(2)3/h7-10,13H,6,11-12H2,1-5H3,(H,19,24). The lowest BCUT2D eigenvalue weighted by Crippen LogP contribution is -2.39. The molecule has 1 aromatic heterocycles. The van der Waals surface area contributed by atoms with Gasteiger partial charge in [0.25, 0.3) is 0 Å². The van der Waals surface area contributed by atoms with Crippen LogP contribution in [0.15, 0.2) is 24.3 Å². The Hall–Kier alpha value is -2.19. The molecule has 0 saturated carbocycles. The summed E-state index contributed by atoms with van der Waals surface area (Å²) >= 11 is 5.57. The summed E-state index contributed by atoms with van der Waals surface area (Å²) in [4.78, 5) is 13.8. The summed E-state index contributed by atoms with van der Waals surface area (Å²) in [5.41, 5.74) is 0.970. The number of hydrogen-bond acceptors (Lipinski definition) is 5. The maximum Gasteiger partial charge on any atom is 0.234 e. The SMILES string of the molecule is CCn1c(-c2ccc(OC)cc2)nn(CN(C)CC(=O)NC(C)C)c1=S. The van der Waals surface area contributed by atoms with Gasteiger partial charge in [-0.05, 0) is 64.3 Å². The first-order valence-corrected chi connectivity index (χ1v) is 9.06. The number of benzene rings is 1. The normalized spacial score (nSPS) is 11.2. The second-order valence-corrected chi connectivity index (χ2v) is 6.82. The highest BCUT2D eigenvalue weighted by atomic mass is 32.1. The highest BCUT2D eigenvalue weighted by Gasteiger charge is 2.14. The zero-order valence-corrected chi connectivity index (χ0v) is 16.8. The highest BCUT2D eigenvalue weighted by molar-refractivity contribution is 7.71. The predicted molar refractivity (Wildman–Crippen MR) is 105 cm³/mol. The molecule has 0 aliphatic heterocycles. The number of hydrogen-bond donors (Lipinski definition) is 1. The fraction of sp³-hybridized carbons (Fsp3) is 0.500. The number of aromatic nitrogens is 3. The molecule has 0 saturated heterocycles. The minimum Gasteiger partial charge on any atom is -0.497 e. The molecule has 2 aromatic rings. The second kappa shape index (κ2) is 8.95. The molecule has 0 atom stereocenters. The molecule has 1 amide bonds. The van der Waals surface area contributed by atoms with Crippen molar-refractivity contribution in [3.63, 3.8) is 0 Å². The van der Waals surface area contributed by atoms with E-state index in [4.69, 9.17) is 17.0 Å². The number of carbonyl (C=O) groups excluding carboxylic acids is 1. The third-order valence-electron chi connectivity index (χ3n) is 3.83. The van der Waals surface area contributed by atoms with Crippen molar-refractivity contribution >= 4 is 18.1 Å². The molecule has 0 fully saturated rings. The zero-order chi connectivity index (χ0) is 19.3. The number of likely N-dealkylation sites (N-methyl/N-ethyl adjacent to an activating group) is 1. The molecule has 1 N–H and O–H groups in total. The van der Waals surface area contributed by atoms with Crippen LogP contribution in [0.2, 0.25) is 0 Å². The van der Waals surface area contributed by atoms with Gasteiger partial charge in [-0.25, -0.2) is 4.68 Å².